The van der Waals surface area contributed by atoms with Gasteiger partial charge < -0.3 is 15.2 Å². The zero-order valence-corrected chi connectivity index (χ0v) is 11.0. The van der Waals surface area contributed by atoms with E-state index in [0.29, 0.717) is 17.9 Å². The Balaban J connectivity index is 1.92. The molecule has 0 spiro atoms. The second kappa shape index (κ2) is 6.00. The van der Waals surface area contributed by atoms with Crippen molar-refractivity contribution >= 4 is 0 Å². The Hall–Kier alpha value is -1.36. The highest BCUT2D eigenvalue weighted by molar-refractivity contribution is 5.11. The summed E-state index contributed by atoms with van der Waals surface area (Å²) >= 11 is 0. The molecule has 100 valence electrons. The predicted molar refractivity (Wildman–Crippen MR) is 68.7 cm³/mol. The number of nitrogens with two attached hydrogens (primary N) is 1. The third kappa shape index (κ3) is 3.84. The topological polar surface area (TPSA) is 70.3 Å². The van der Waals surface area contributed by atoms with E-state index >= 15 is 0 Å². The van der Waals surface area contributed by atoms with Gasteiger partial charge in [-0.25, -0.2) is 4.98 Å². The van der Waals surface area contributed by atoms with Gasteiger partial charge in [-0.2, -0.15) is 4.98 Å². The monoisotopic (exact) mass is 251 g/mol. The van der Waals surface area contributed by atoms with Gasteiger partial charge in [0, 0.05) is 18.3 Å². The van der Waals surface area contributed by atoms with Crippen LogP contribution in [0.5, 0.6) is 11.9 Å². The maximum Gasteiger partial charge on any atom is 0.319 e. The quantitative estimate of drug-likeness (QED) is 0.885. The van der Waals surface area contributed by atoms with Gasteiger partial charge in [0.1, 0.15) is 6.10 Å². The number of hydrogen-bond acceptors (Lipinski definition) is 5. The Morgan fingerprint density at radius 1 is 1.28 bits per heavy atom. The van der Waals surface area contributed by atoms with Crippen molar-refractivity contribution in [3.8, 4) is 11.9 Å². The number of nitrogens with zero attached hydrogens (tertiary/aromatic N) is 2. The molecular formula is C13H21N3O2. The van der Waals surface area contributed by atoms with Crippen molar-refractivity contribution in [2.24, 2.45) is 5.73 Å². The summed E-state index contributed by atoms with van der Waals surface area (Å²) in [6.45, 7) is 3.93. The van der Waals surface area contributed by atoms with Crippen molar-refractivity contribution < 1.29 is 9.47 Å². The van der Waals surface area contributed by atoms with Gasteiger partial charge in [0.25, 0.3) is 0 Å². The molecule has 1 fully saturated rings. The number of aromatic nitrogens is 2. The average molecular weight is 251 g/mol. The highest BCUT2D eigenvalue weighted by atomic mass is 16.5. The van der Waals surface area contributed by atoms with Gasteiger partial charge in [0.15, 0.2) is 0 Å². The van der Waals surface area contributed by atoms with Crippen LogP contribution in [0.25, 0.3) is 0 Å². The molecular weight excluding hydrogens is 230 g/mol. The molecule has 0 unspecified atom stereocenters. The van der Waals surface area contributed by atoms with E-state index in [2.05, 4.69) is 9.97 Å². The molecule has 0 amide bonds. The van der Waals surface area contributed by atoms with Crippen LogP contribution in [0.4, 0.5) is 0 Å². The fraction of sp³-hybridized carbons (Fsp3) is 0.692. The Labute approximate surface area is 108 Å². The van der Waals surface area contributed by atoms with Gasteiger partial charge in [0.05, 0.1) is 6.10 Å². The molecule has 0 radical (unpaired) electrons. The Morgan fingerprint density at radius 2 is 2.00 bits per heavy atom. The van der Waals surface area contributed by atoms with Crippen molar-refractivity contribution in [3.05, 3.63) is 12.3 Å². The third-order valence-electron chi connectivity index (χ3n) is 2.96. The van der Waals surface area contributed by atoms with E-state index in [-0.39, 0.29) is 12.2 Å². The van der Waals surface area contributed by atoms with E-state index in [1.165, 1.54) is 0 Å². The Kier molecular flexibility index (Phi) is 4.36. The van der Waals surface area contributed by atoms with E-state index in [9.17, 15) is 0 Å². The first-order valence-corrected chi connectivity index (χ1v) is 6.55. The van der Waals surface area contributed by atoms with Crippen LogP contribution in [0.1, 0.15) is 39.5 Å². The van der Waals surface area contributed by atoms with Crippen LogP contribution in [0.2, 0.25) is 0 Å². The van der Waals surface area contributed by atoms with Crippen LogP contribution in [-0.4, -0.2) is 28.2 Å². The molecule has 0 bridgehead atoms. The van der Waals surface area contributed by atoms with Crippen LogP contribution < -0.4 is 15.2 Å². The molecule has 1 heterocycles. The summed E-state index contributed by atoms with van der Waals surface area (Å²) in [5.41, 5.74) is 5.86. The molecule has 5 heteroatoms. The van der Waals surface area contributed by atoms with Crippen molar-refractivity contribution in [1.29, 1.82) is 0 Å². The predicted octanol–water partition coefficient (Wildman–Crippen LogP) is 1.91. The zero-order valence-electron chi connectivity index (χ0n) is 11.0. The molecule has 1 aromatic heterocycles. The lowest BCUT2D eigenvalue weighted by Gasteiger charge is -2.25. The second-order valence-electron chi connectivity index (χ2n) is 5.00. The van der Waals surface area contributed by atoms with Gasteiger partial charge in [-0.1, -0.05) is 0 Å². The molecule has 0 aliphatic heterocycles. The van der Waals surface area contributed by atoms with E-state index < -0.39 is 0 Å². The minimum atomic E-state index is 0.0976. The van der Waals surface area contributed by atoms with Crippen LogP contribution >= 0.6 is 0 Å². The lowest BCUT2D eigenvalue weighted by Crippen LogP contribution is -2.32. The van der Waals surface area contributed by atoms with E-state index in [0.717, 1.165) is 25.7 Å². The normalized spacial score (nSPS) is 24.0. The second-order valence-corrected chi connectivity index (χ2v) is 5.00. The Bertz CT molecular complexity index is 376. The van der Waals surface area contributed by atoms with E-state index in [1.807, 2.05) is 13.8 Å². The van der Waals surface area contributed by atoms with Crippen molar-refractivity contribution in [1.82, 2.24) is 9.97 Å². The minimum absolute atomic E-state index is 0.0976. The molecule has 0 aromatic carbocycles. The zero-order chi connectivity index (χ0) is 13.0. The molecule has 0 saturated heterocycles. The summed E-state index contributed by atoms with van der Waals surface area (Å²) < 4.78 is 11.3. The fourth-order valence-electron chi connectivity index (χ4n) is 2.04. The largest absolute Gasteiger partial charge is 0.475 e. The first-order valence-electron chi connectivity index (χ1n) is 6.55. The molecule has 1 saturated carbocycles. The Morgan fingerprint density at radius 3 is 2.67 bits per heavy atom. The van der Waals surface area contributed by atoms with E-state index in [4.69, 9.17) is 15.2 Å². The fourth-order valence-corrected chi connectivity index (χ4v) is 2.04. The van der Waals surface area contributed by atoms with Gasteiger partial charge in [0.2, 0.25) is 5.88 Å². The summed E-state index contributed by atoms with van der Waals surface area (Å²) in [7, 11) is 0. The molecule has 1 aromatic rings. The SMILES string of the molecule is CC(C)Oc1ccnc(OC2CCC(N)CC2)n1. The molecule has 2 rings (SSSR count). The molecule has 18 heavy (non-hydrogen) atoms. The van der Waals surface area contributed by atoms with Crippen LogP contribution in [0.3, 0.4) is 0 Å². The number of ether oxygens (including phenoxy) is 2. The van der Waals surface area contributed by atoms with Crippen LogP contribution in [0.15, 0.2) is 12.3 Å². The maximum atomic E-state index is 5.86. The minimum Gasteiger partial charge on any atom is -0.475 e. The number of rotatable bonds is 4. The first-order chi connectivity index (χ1) is 8.63. The summed E-state index contributed by atoms with van der Waals surface area (Å²) in [6, 6.07) is 2.46. The van der Waals surface area contributed by atoms with E-state index in [1.54, 1.807) is 12.3 Å². The molecule has 1 aliphatic rings. The summed E-state index contributed by atoms with van der Waals surface area (Å²) in [4.78, 5) is 8.35. The average Bonchev–Trinajstić information content (AvgIpc) is 2.32. The van der Waals surface area contributed by atoms with Crippen LogP contribution in [0, 0.1) is 0 Å². The lowest BCUT2D eigenvalue weighted by atomic mass is 9.94. The summed E-state index contributed by atoms with van der Waals surface area (Å²) in [5.74, 6) is 0.558. The highest BCUT2D eigenvalue weighted by Gasteiger charge is 2.20. The van der Waals surface area contributed by atoms with Gasteiger partial charge in [-0.15, -0.1) is 0 Å². The molecule has 0 atom stereocenters. The smallest absolute Gasteiger partial charge is 0.319 e. The van der Waals surface area contributed by atoms with Gasteiger partial charge in [-0.05, 0) is 39.5 Å². The number of hydrogen-bond donors (Lipinski definition) is 1. The molecule has 5 nitrogen and oxygen atoms in total. The van der Waals surface area contributed by atoms with Crippen LogP contribution in [-0.2, 0) is 0 Å². The van der Waals surface area contributed by atoms with Gasteiger partial charge >= 0.3 is 6.01 Å². The molecule has 2 N–H and O–H groups in total. The van der Waals surface area contributed by atoms with Gasteiger partial charge in [-0.3, -0.25) is 0 Å². The summed E-state index contributed by atoms with van der Waals surface area (Å²) in [6.07, 6.45) is 5.90. The third-order valence-corrected chi connectivity index (χ3v) is 2.96. The van der Waals surface area contributed by atoms with Crippen molar-refractivity contribution in [3.63, 3.8) is 0 Å². The lowest BCUT2D eigenvalue weighted by molar-refractivity contribution is 0.131. The standard InChI is InChI=1S/C13H21N3O2/c1-9(2)17-12-7-8-15-13(16-12)18-11-5-3-10(14)4-6-11/h7-11H,3-6,14H2,1-2H3. The van der Waals surface area contributed by atoms with Crippen molar-refractivity contribution in [2.45, 2.75) is 57.8 Å². The molecule has 1 aliphatic carbocycles. The van der Waals surface area contributed by atoms with Crippen molar-refractivity contribution in [2.75, 3.05) is 0 Å². The highest BCUT2D eigenvalue weighted by Crippen LogP contribution is 2.21. The summed E-state index contributed by atoms with van der Waals surface area (Å²) in [5, 5.41) is 0. The maximum absolute atomic E-state index is 5.86. The first kappa shape index (κ1) is 13.1.